The van der Waals surface area contributed by atoms with Crippen LogP contribution in [0.1, 0.15) is 69.7 Å². The summed E-state index contributed by atoms with van der Waals surface area (Å²) in [6.07, 6.45) is 4.07. The maximum atomic E-state index is 11.9. The zero-order chi connectivity index (χ0) is 16.2. The summed E-state index contributed by atoms with van der Waals surface area (Å²) in [5.41, 5.74) is 0.0573. The molecule has 22 heavy (non-hydrogen) atoms. The summed E-state index contributed by atoms with van der Waals surface area (Å²) >= 11 is 0. The molecule has 2 N–H and O–H groups in total. The largest absolute Gasteiger partial charge is 0.481 e. The van der Waals surface area contributed by atoms with Crippen molar-refractivity contribution in [3.05, 3.63) is 17.5 Å². The fourth-order valence-electron chi connectivity index (χ4n) is 2.94. The second-order valence-corrected chi connectivity index (χ2v) is 6.12. The zero-order valence-electron chi connectivity index (χ0n) is 13.2. The summed E-state index contributed by atoms with van der Waals surface area (Å²) in [6, 6.07) is 1.87. The molecule has 1 aromatic heterocycles. The van der Waals surface area contributed by atoms with Crippen molar-refractivity contribution < 1.29 is 19.2 Å². The molecule has 6 heteroatoms. The van der Waals surface area contributed by atoms with Gasteiger partial charge < -0.3 is 14.9 Å². The third-order valence-corrected chi connectivity index (χ3v) is 4.70. The van der Waals surface area contributed by atoms with Gasteiger partial charge in [0.2, 0.25) is 5.91 Å². The van der Waals surface area contributed by atoms with Gasteiger partial charge >= 0.3 is 5.97 Å². The minimum absolute atomic E-state index is 0.0376. The Morgan fingerprint density at radius 3 is 2.59 bits per heavy atom. The minimum Gasteiger partial charge on any atom is -0.481 e. The van der Waals surface area contributed by atoms with E-state index < -0.39 is 11.4 Å². The van der Waals surface area contributed by atoms with Crippen molar-refractivity contribution in [1.82, 2.24) is 10.5 Å². The molecule has 0 unspecified atom stereocenters. The average molecular weight is 308 g/mol. The summed E-state index contributed by atoms with van der Waals surface area (Å²) in [5, 5.41) is 16.0. The Morgan fingerprint density at radius 2 is 2.09 bits per heavy atom. The predicted octanol–water partition coefficient (Wildman–Crippen LogP) is 2.84. The Kier molecular flexibility index (Phi) is 5.21. The Bertz CT molecular complexity index is 530. The van der Waals surface area contributed by atoms with Gasteiger partial charge in [-0.1, -0.05) is 25.4 Å². The van der Waals surface area contributed by atoms with Crippen molar-refractivity contribution in [3.63, 3.8) is 0 Å². The second-order valence-electron chi connectivity index (χ2n) is 6.12. The van der Waals surface area contributed by atoms with Gasteiger partial charge in [-0.3, -0.25) is 9.59 Å². The van der Waals surface area contributed by atoms with Crippen LogP contribution in [0, 0.1) is 5.41 Å². The SMILES string of the molecule is CCC(CC)c1cc(CNC(=O)CC2(C(=O)O)CCC2)on1. The first kappa shape index (κ1) is 16.5. The summed E-state index contributed by atoms with van der Waals surface area (Å²) in [4.78, 5) is 23.2. The molecule has 2 rings (SSSR count). The lowest BCUT2D eigenvalue weighted by Crippen LogP contribution is -2.42. The van der Waals surface area contributed by atoms with E-state index in [4.69, 9.17) is 4.52 Å². The Labute approximate surface area is 130 Å². The first-order chi connectivity index (χ1) is 10.5. The van der Waals surface area contributed by atoms with Crippen molar-refractivity contribution in [2.45, 2.75) is 64.8 Å². The number of nitrogens with one attached hydrogen (secondary N) is 1. The molecule has 1 fully saturated rings. The topological polar surface area (TPSA) is 92.4 Å². The maximum absolute atomic E-state index is 11.9. The molecule has 0 atom stereocenters. The van der Waals surface area contributed by atoms with E-state index in [0.29, 0.717) is 24.5 Å². The molecular formula is C16H24N2O4. The van der Waals surface area contributed by atoms with Crippen molar-refractivity contribution in [3.8, 4) is 0 Å². The number of hydrogen-bond donors (Lipinski definition) is 2. The van der Waals surface area contributed by atoms with E-state index >= 15 is 0 Å². The van der Waals surface area contributed by atoms with Crippen LogP contribution in [0.2, 0.25) is 0 Å². The van der Waals surface area contributed by atoms with E-state index in [-0.39, 0.29) is 18.9 Å². The standard InChI is InChI=1S/C16H24N2O4/c1-3-11(4-2)13-8-12(22-18-13)10-17-14(19)9-16(15(20)21)6-5-7-16/h8,11H,3-7,9-10H2,1-2H3,(H,17,19)(H,20,21). The number of amides is 1. The van der Waals surface area contributed by atoms with E-state index in [0.717, 1.165) is 25.0 Å². The predicted molar refractivity (Wildman–Crippen MR) is 80.2 cm³/mol. The van der Waals surface area contributed by atoms with Crippen LogP contribution in [0.25, 0.3) is 0 Å². The molecule has 0 bridgehead atoms. The van der Waals surface area contributed by atoms with Gasteiger partial charge in [-0.05, 0) is 25.7 Å². The molecule has 1 amide bonds. The van der Waals surface area contributed by atoms with Crippen LogP contribution >= 0.6 is 0 Å². The van der Waals surface area contributed by atoms with Gasteiger partial charge in [0.15, 0.2) is 5.76 Å². The smallest absolute Gasteiger partial charge is 0.310 e. The van der Waals surface area contributed by atoms with Gasteiger partial charge in [0.1, 0.15) is 0 Å². The molecule has 1 aliphatic rings. The number of rotatable bonds is 8. The van der Waals surface area contributed by atoms with Gasteiger partial charge in [0, 0.05) is 18.4 Å². The van der Waals surface area contributed by atoms with Crippen LogP contribution < -0.4 is 5.32 Å². The quantitative estimate of drug-likeness (QED) is 0.770. The highest BCUT2D eigenvalue weighted by Gasteiger charge is 2.45. The molecule has 1 aromatic rings. The first-order valence-corrected chi connectivity index (χ1v) is 7.96. The van der Waals surface area contributed by atoms with Crippen molar-refractivity contribution in [1.29, 1.82) is 0 Å². The van der Waals surface area contributed by atoms with E-state index in [9.17, 15) is 14.7 Å². The third-order valence-electron chi connectivity index (χ3n) is 4.70. The average Bonchev–Trinajstić information content (AvgIpc) is 2.90. The van der Waals surface area contributed by atoms with Crippen molar-refractivity contribution in [2.24, 2.45) is 5.41 Å². The summed E-state index contributed by atoms with van der Waals surface area (Å²) < 4.78 is 5.24. The minimum atomic E-state index is -0.871. The van der Waals surface area contributed by atoms with Crippen molar-refractivity contribution in [2.75, 3.05) is 0 Å². The van der Waals surface area contributed by atoms with Crippen LogP contribution in [0.4, 0.5) is 0 Å². The molecule has 0 aromatic carbocycles. The van der Waals surface area contributed by atoms with Gasteiger partial charge in [0.25, 0.3) is 0 Å². The monoisotopic (exact) mass is 308 g/mol. The summed E-state index contributed by atoms with van der Waals surface area (Å²) in [5.74, 6) is -0.140. The summed E-state index contributed by atoms with van der Waals surface area (Å²) in [6.45, 7) is 4.46. The lowest BCUT2D eigenvalue weighted by Gasteiger charge is -2.36. The highest BCUT2D eigenvalue weighted by atomic mass is 16.5. The van der Waals surface area contributed by atoms with Crippen LogP contribution in [-0.4, -0.2) is 22.1 Å². The van der Waals surface area contributed by atoms with Gasteiger partial charge in [-0.2, -0.15) is 0 Å². The normalized spacial score (nSPS) is 16.3. The molecule has 122 valence electrons. The van der Waals surface area contributed by atoms with Gasteiger partial charge in [0.05, 0.1) is 17.7 Å². The van der Waals surface area contributed by atoms with Crippen molar-refractivity contribution >= 4 is 11.9 Å². The Morgan fingerprint density at radius 1 is 1.41 bits per heavy atom. The maximum Gasteiger partial charge on any atom is 0.310 e. The highest BCUT2D eigenvalue weighted by Crippen LogP contribution is 2.44. The molecule has 0 spiro atoms. The number of aromatic nitrogens is 1. The molecule has 0 radical (unpaired) electrons. The molecule has 1 heterocycles. The Hall–Kier alpha value is -1.85. The number of nitrogens with zero attached hydrogens (tertiary/aromatic N) is 1. The summed E-state index contributed by atoms with van der Waals surface area (Å²) in [7, 11) is 0. The van der Waals surface area contributed by atoms with E-state index in [2.05, 4.69) is 24.3 Å². The molecule has 0 saturated heterocycles. The number of carboxylic acid groups (broad SMARTS) is 1. The molecular weight excluding hydrogens is 284 g/mol. The lowest BCUT2D eigenvalue weighted by molar-refractivity contribution is -0.157. The van der Waals surface area contributed by atoms with Gasteiger partial charge in [-0.15, -0.1) is 0 Å². The van der Waals surface area contributed by atoms with Crippen LogP contribution in [-0.2, 0) is 16.1 Å². The zero-order valence-corrected chi connectivity index (χ0v) is 13.2. The molecule has 1 aliphatic carbocycles. The molecule has 1 saturated carbocycles. The Balaban J connectivity index is 1.85. The van der Waals surface area contributed by atoms with Gasteiger partial charge in [-0.25, -0.2) is 0 Å². The van der Waals surface area contributed by atoms with E-state index in [1.54, 1.807) is 0 Å². The second kappa shape index (κ2) is 6.94. The number of aliphatic carboxylic acids is 1. The highest BCUT2D eigenvalue weighted by molar-refractivity contribution is 5.85. The van der Waals surface area contributed by atoms with E-state index in [1.165, 1.54) is 0 Å². The molecule has 6 nitrogen and oxygen atoms in total. The number of hydrogen-bond acceptors (Lipinski definition) is 4. The number of carbonyl (C=O) groups excluding carboxylic acids is 1. The molecule has 0 aliphatic heterocycles. The van der Waals surface area contributed by atoms with Crippen LogP contribution in [0.3, 0.4) is 0 Å². The van der Waals surface area contributed by atoms with E-state index in [1.807, 2.05) is 6.07 Å². The lowest BCUT2D eigenvalue weighted by atomic mass is 9.66. The third kappa shape index (κ3) is 3.48. The number of carbonyl (C=O) groups is 2. The number of carboxylic acids is 1. The van der Waals surface area contributed by atoms with Crippen LogP contribution in [0.15, 0.2) is 10.6 Å². The fraction of sp³-hybridized carbons (Fsp3) is 0.688. The van der Waals surface area contributed by atoms with Crippen LogP contribution in [0.5, 0.6) is 0 Å². The fourth-order valence-corrected chi connectivity index (χ4v) is 2.94. The first-order valence-electron chi connectivity index (χ1n) is 7.96.